The molecular formula is C18H17N3O. The van der Waals surface area contributed by atoms with Gasteiger partial charge in [-0.15, -0.1) is 0 Å². The Labute approximate surface area is 128 Å². The molecular weight excluding hydrogens is 274 g/mol. The van der Waals surface area contributed by atoms with Crippen LogP contribution in [0.5, 0.6) is 0 Å². The molecule has 4 nitrogen and oxygen atoms in total. The number of H-pyrrole nitrogens is 1. The average Bonchev–Trinajstić information content (AvgIpc) is 2.92. The van der Waals surface area contributed by atoms with Crippen LogP contribution in [-0.4, -0.2) is 16.0 Å². The van der Waals surface area contributed by atoms with Crippen molar-refractivity contribution < 1.29 is 4.79 Å². The van der Waals surface area contributed by atoms with Gasteiger partial charge in [-0.3, -0.25) is 9.89 Å². The van der Waals surface area contributed by atoms with Crippen LogP contribution in [-0.2, 0) is 4.79 Å². The number of nitrogens with one attached hydrogen (secondary N) is 2. The highest BCUT2D eigenvalue weighted by molar-refractivity contribution is 5.98. The van der Waals surface area contributed by atoms with Gasteiger partial charge in [-0.2, -0.15) is 5.10 Å². The van der Waals surface area contributed by atoms with E-state index in [2.05, 4.69) is 28.2 Å². The van der Waals surface area contributed by atoms with E-state index in [0.717, 1.165) is 35.1 Å². The third-order valence-electron chi connectivity index (χ3n) is 3.59. The molecule has 3 rings (SSSR count). The van der Waals surface area contributed by atoms with Crippen LogP contribution >= 0.6 is 0 Å². The number of fused-ring (bicyclic) bond motifs is 1. The zero-order valence-corrected chi connectivity index (χ0v) is 12.2. The summed E-state index contributed by atoms with van der Waals surface area (Å²) in [6.07, 6.45) is 12.6. The van der Waals surface area contributed by atoms with Crippen molar-refractivity contribution in [2.24, 2.45) is 0 Å². The summed E-state index contributed by atoms with van der Waals surface area (Å²) in [7, 11) is 0. The van der Waals surface area contributed by atoms with Crippen LogP contribution in [0, 0.1) is 0 Å². The molecule has 0 saturated carbocycles. The molecule has 0 amide bonds. The molecule has 0 fully saturated rings. The molecule has 0 saturated heterocycles. The first kappa shape index (κ1) is 14.1. The third kappa shape index (κ3) is 3.06. The summed E-state index contributed by atoms with van der Waals surface area (Å²) in [6, 6.07) is 6.05. The second-order valence-electron chi connectivity index (χ2n) is 5.11. The van der Waals surface area contributed by atoms with Crippen LogP contribution < -0.4 is 5.32 Å². The monoisotopic (exact) mass is 291 g/mol. The lowest BCUT2D eigenvalue weighted by atomic mass is 9.95. The first-order valence-electron chi connectivity index (χ1n) is 7.20. The molecule has 1 heterocycles. The maximum Gasteiger partial charge on any atom is 0.178 e. The number of benzene rings is 1. The number of carbonyl (C=O) groups excluding carboxylic acids is 1. The minimum Gasteiger partial charge on any atom is -0.355 e. The van der Waals surface area contributed by atoms with Gasteiger partial charge in [-0.1, -0.05) is 18.7 Å². The SMILES string of the molecule is C=CC(=O)/C=C\C=C(/Nc1ccc2[nH]ncc2c1)C1=CCC1. The molecule has 1 aliphatic rings. The Kier molecular flexibility index (Phi) is 4.01. The molecule has 0 unspecified atom stereocenters. The number of aromatic amines is 1. The van der Waals surface area contributed by atoms with E-state index in [4.69, 9.17) is 0 Å². The summed E-state index contributed by atoms with van der Waals surface area (Å²) in [5, 5.41) is 11.4. The lowest BCUT2D eigenvalue weighted by Gasteiger charge is -2.19. The summed E-state index contributed by atoms with van der Waals surface area (Å²) in [4.78, 5) is 11.2. The second kappa shape index (κ2) is 6.26. The van der Waals surface area contributed by atoms with Gasteiger partial charge < -0.3 is 5.32 Å². The number of allylic oxidation sites excluding steroid dienone is 6. The van der Waals surface area contributed by atoms with Crippen LogP contribution in [0.3, 0.4) is 0 Å². The molecule has 0 aliphatic heterocycles. The molecule has 110 valence electrons. The molecule has 0 atom stereocenters. The topological polar surface area (TPSA) is 57.8 Å². The van der Waals surface area contributed by atoms with Gasteiger partial charge in [0.15, 0.2) is 5.78 Å². The van der Waals surface area contributed by atoms with Crippen molar-refractivity contribution in [3.63, 3.8) is 0 Å². The van der Waals surface area contributed by atoms with E-state index in [0.29, 0.717) is 0 Å². The first-order valence-corrected chi connectivity index (χ1v) is 7.20. The van der Waals surface area contributed by atoms with Gasteiger partial charge in [0.1, 0.15) is 0 Å². The Hall–Kier alpha value is -2.88. The van der Waals surface area contributed by atoms with Crippen LogP contribution in [0.2, 0.25) is 0 Å². The summed E-state index contributed by atoms with van der Waals surface area (Å²) in [6.45, 7) is 3.46. The fourth-order valence-electron chi connectivity index (χ4n) is 2.25. The Balaban J connectivity index is 1.83. The fourth-order valence-corrected chi connectivity index (χ4v) is 2.25. The van der Waals surface area contributed by atoms with E-state index >= 15 is 0 Å². The first-order chi connectivity index (χ1) is 10.8. The predicted molar refractivity (Wildman–Crippen MR) is 89.5 cm³/mol. The normalized spacial score (nSPS) is 14.7. The Morgan fingerprint density at radius 1 is 1.41 bits per heavy atom. The van der Waals surface area contributed by atoms with Crippen molar-refractivity contribution in [1.29, 1.82) is 0 Å². The number of rotatable bonds is 6. The maximum absolute atomic E-state index is 11.2. The molecule has 0 spiro atoms. The van der Waals surface area contributed by atoms with Crippen LogP contribution in [0.1, 0.15) is 12.8 Å². The summed E-state index contributed by atoms with van der Waals surface area (Å²) in [5.74, 6) is -0.0991. The quantitative estimate of drug-likeness (QED) is 0.627. The summed E-state index contributed by atoms with van der Waals surface area (Å²) < 4.78 is 0. The van der Waals surface area contributed by atoms with Crippen LogP contribution in [0.4, 0.5) is 5.69 Å². The van der Waals surface area contributed by atoms with E-state index in [1.165, 1.54) is 17.7 Å². The zero-order valence-electron chi connectivity index (χ0n) is 12.2. The van der Waals surface area contributed by atoms with Crippen molar-refractivity contribution >= 4 is 22.4 Å². The van der Waals surface area contributed by atoms with Gasteiger partial charge in [0.05, 0.1) is 11.7 Å². The number of aromatic nitrogens is 2. The fraction of sp³-hybridized carbons (Fsp3) is 0.111. The van der Waals surface area contributed by atoms with Gasteiger partial charge in [-0.05, 0) is 54.8 Å². The number of ketones is 1. The van der Waals surface area contributed by atoms with E-state index in [1.54, 1.807) is 12.3 Å². The molecule has 0 bridgehead atoms. The molecule has 4 heteroatoms. The van der Waals surface area contributed by atoms with E-state index < -0.39 is 0 Å². The Morgan fingerprint density at radius 3 is 3.00 bits per heavy atom. The number of hydrogen-bond acceptors (Lipinski definition) is 3. The van der Waals surface area contributed by atoms with Crippen molar-refractivity contribution in [2.45, 2.75) is 12.8 Å². The van der Waals surface area contributed by atoms with Gasteiger partial charge in [-0.25, -0.2) is 0 Å². The summed E-state index contributed by atoms with van der Waals surface area (Å²) in [5.41, 5.74) is 4.29. The van der Waals surface area contributed by atoms with Gasteiger partial charge >= 0.3 is 0 Å². The van der Waals surface area contributed by atoms with Crippen LogP contribution in [0.25, 0.3) is 10.9 Å². The minimum atomic E-state index is -0.0991. The van der Waals surface area contributed by atoms with Crippen molar-refractivity contribution in [2.75, 3.05) is 5.32 Å². The highest BCUT2D eigenvalue weighted by Crippen LogP contribution is 2.28. The highest BCUT2D eigenvalue weighted by Gasteiger charge is 2.11. The number of anilines is 1. The molecule has 2 N–H and O–H groups in total. The van der Waals surface area contributed by atoms with E-state index in [1.807, 2.05) is 24.3 Å². The standard InChI is InChI=1S/C18H17N3O/c1-2-16(22)7-4-8-17(13-5-3-6-13)20-15-9-10-18-14(11-15)12-19-21-18/h2,4-5,7-12,20H,1,3,6H2,(H,19,21)/b7-4-,17-8-. The smallest absolute Gasteiger partial charge is 0.178 e. The maximum atomic E-state index is 11.2. The van der Waals surface area contributed by atoms with Gasteiger partial charge in [0, 0.05) is 16.8 Å². The Bertz CT molecular complexity index is 809. The molecule has 2 aromatic rings. The van der Waals surface area contributed by atoms with Crippen LogP contribution in [0.15, 0.2) is 72.6 Å². The molecule has 1 aromatic carbocycles. The third-order valence-corrected chi connectivity index (χ3v) is 3.59. The average molecular weight is 291 g/mol. The largest absolute Gasteiger partial charge is 0.355 e. The molecule has 0 radical (unpaired) electrons. The summed E-state index contributed by atoms with van der Waals surface area (Å²) >= 11 is 0. The number of hydrogen-bond donors (Lipinski definition) is 2. The van der Waals surface area contributed by atoms with Crippen molar-refractivity contribution in [3.05, 3.63) is 72.6 Å². The van der Waals surface area contributed by atoms with Crippen molar-refractivity contribution in [1.82, 2.24) is 10.2 Å². The predicted octanol–water partition coefficient (Wildman–Crippen LogP) is 3.89. The minimum absolute atomic E-state index is 0.0991. The Morgan fingerprint density at radius 2 is 2.27 bits per heavy atom. The highest BCUT2D eigenvalue weighted by atomic mass is 16.1. The van der Waals surface area contributed by atoms with Crippen molar-refractivity contribution in [3.8, 4) is 0 Å². The second-order valence-corrected chi connectivity index (χ2v) is 5.11. The number of carbonyl (C=O) groups is 1. The molecule has 1 aromatic heterocycles. The van der Waals surface area contributed by atoms with E-state index in [9.17, 15) is 4.79 Å². The van der Waals surface area contributed by atoms with E-state index in [-0.39, 0.29) is 5.78 Å². The lowest BCUT2D eigenvalue weighted by Crippen LogP contribution is -2.07. The molecule has 22 heavy (non-hydrogen) atoms. The van der Waals surface area contributed by atoms with Gasteiger partial charge in [0.25, 0.3) is 0 Å². The zero-order chi connectivity index (χ0) is 15.4. The number of nitrogens with zero attached hydrogens (tertiary/aromatic N) is 1. The lowest BCUT2D eigenvalue weighted by molar-refractivity contribution is -0.110. The molecule has 1 aliphatic carbocycles. The van der Waals surface area contributed by atoms with Gasteiger partial charge in [0.2, 0.25) is 0 Å².